The Labute approximate surface area is 105 Å². The molecule has 0 aliphatic rings. The Morgan fingerprint density at radius 2 is 2.17 bits per heavy atom. The zero-order valence-electron chi connectivity index (χ0n) is 9.75. The van der Waals surface area contributed by atoms with Gasteiger partial charge in [-0.2, -0.15) is 0 Å². The lowest BCUT2D eigenvalue weighted by atomic mass is 10.4. The maximum absolute atomic E-state index is 11.5. The Kier molecular flexibility index (Phi) is 3.63. The van der Waals surface area contributed by atoms with Crippen LogP contribution in [0.2, 0.25) is 0 Å². The number of aromatic nitrogens is 1. The van der Waals surface area contributed by atoms with Gasteiger partial charge < -0.3 is 9.73 Å². The van der Waals surface area contributed by atoms with Gasteiger partial charge in [0.05, 0.1) is 12.2 Å². The summed E-state index contributed by atoms with van der Waals surface area (Å²) < 4.78 is 30.3. The highest BCUT2D eigenvalue weighted by Gasteiger charge is 2.15. The van der Waals surface area contributed by atoms with Crippen LogP contribution >= 0.6 is 0 Å². The van der Waals surface area contributed by atoms with E-state index in [2.05, 4.69) is 15.0 Å². The van der Waals surface area contributed by atoms with E-state index in [-0.39, 0.29) is 5.09 Å². The Morgan fingerprint density at radius 3 is 2.83 bits per heavy atom. The third kappa shape index (κ3) is 2.88. The van der Waals surface area contributed by atoms with Gasteiger partial charge in [0, 0.05) is 12.4 Å². The first kappa shape index (κ1) is 12.6. The van der Waals surface area contributed by atoms with Crippen molar-refractivity contribution in [2.75, 3.05) is 12.4 Å². The van der Waals surface area contributed by atoms with Gasteiger partial charge in [0.1, 0.15) is 5.76 Å². The van der Waals surface area contributed by atoms with Crippen molar-refractivity contribution in [3.8, 4) is 0 Å². The summed E-state index contributed by atoms with van der Waals surface area (Å²) in [7, 11) is -2.18. The van der Waals surface area contributed by atoms with Gasteiger partial charge in [-0.25, -0.2) is 13.1 Å². The monoisotopic (exact) mass is 267 g/mol. The van der Waals surface area contributed by atoms with Gasteiger partial charge in [-0.15, -0.1) is 0 Å². The molecule has 2 rings (SSSR count). The number of hydrogen-bond donors (Lipinski definition) is 2. The molecule has 0 bridgehead atoms. The van der Waals surface area contributed by atoms with E-state index in [1.807, 2.05) is 6.07 Å². The van der Waals surface area contributed by atoms with E-state index >= 15 is 0 Å². The van der Waals surface area contributed by atoms with E-state index in [1.165, 1.54) is 13.1 Å². The third-order valence-electron chi connectivity index (χ3n) is 2.30. The van der Waals surface area contributed by atoms with Crippen molar-refractivity contribution in [2.45, 2.75) is 11.6 Å². The molecule has 0 aliphatic carbocycles. The van der Waals surface area contributed by atoms with Crippen LogP contribution < -0.4 is 10.0 Å². The smallest absolute Gasteiger partial charge is 0.273 e. The van der Waals surface area contributed by atoms with Crippen LogP contribution in [-0.4, -0.2) is 20.4 Å². The standard InChI is InChI=1S/C11H13N3O3S/c1-12-18(15,16)11-5-4-10(17-11)8-14-9-3-2-6-13-7-9/h2-7,12,14H,8H2,1H3. The van der Waals surface area contributed by atoms with Gasteiger partial charge in [-0.05, 0) is 31.3 Å². The highest BCUT2D eigenvalue weighted by atomic mass is 32.2. The number of rotatable bonds is 5. The SMILES string of the molecule is CNS(=O)(=O)c1ccc(CNc2cccnc2)o1. The first-order valence-corrected chi connectivity index (χ1v) is 6.76. The van der Waals surface area contributed by atoms with E-state index in [0.29, 0.717) is 12.3 Å². The van der Waals surface area contributed by atoms with E-state index in [1.54, 1.807) is 24.5 Å². The summed E-state index contributed by atoms with van der Waals surface area (Å²) in [5, 5.41) is 2.98. The Balaban J connectivity index is 2.04. The fourth-order valence-corrected chi connectivity index (χ4v) is 2.02. The molecule has 0 atom stereocenters. The molecule has 0 saturated heterocycles. The molecule has 0 fully saturated rings. The number of nitrogens with one attached hydrogen (secondary N) is 2. The zero-order chi connectivity index (χ0) is 13.0. The molecule has 2 aromatic heterocycles. The average Bonchev–Trinajstić information content (AvgIpc) is 2.87. The van der Waals surface area contributed by atoms with E-state index in [9.17, 15) is 8.42 Å². The minimum absolute atomic E-state index is 0.0898. The van der Waals surface area contributed by atoms with Gasteiger partial charge in [0.15, 0.2) is 0 Å². The Hall–Kier alpha value is -1.86. The van der Waals surface area contributed by atoms with Gasteiger partial charge in [0.2, 0.25) is 5.09 Å². The lowest BCUT2D eigenvalue weighted by molar-refractivity contribution is 0.417. The topological polar surface area (TPSA) is 84.2 Å². The van der Waals surface area contributed by atoms with E-state index < -0.39 is 10.0 Å². The Morgan fingerprint density at radius 1 is 1.33 bits per heavy atom. The van der Waals surface area contributed by atoms with Crippen LogP contribution in [0.5, 0.6) is 0 Å². The second kappa shape index (κ2) is 5.19. The predicted octanol–water partition coefficient (Wildman–Crippen LogP) is 1.19. The highest BCUT2D eigenvalue weighted by molar-refractivity contribution is 7.89. The molecule has 0 unspecified atom stereocenters. The first-order valence-electron chi connectivity index (χ1n) is 5.28. The number of anilines is 1. The van der Waals surface area contributed by atoms with Crippen LogP contribution in [0.3, 0.4) is 0 Å². The van der Waals surface area contributed by atoms with Crippen molar-refractivity contribution in [1.82, 2.24) is 9.71 Å². The summed E-state index contributed by atoms with van der Waals surface area (Å²) >= 11 is 0. The fraction of sp³-hybridized carbons (Fsp3) is 0.182. The van der Waals surface area contributed by atoms with Gasteiger partial charge >= 0.3 is 0 Å². The molecule has 0 amide bonds. The van der Waals surface area contributed by atoms with Crippen molar-refractivity contribution in [1.29, 1.82) is 0 Å². The molecule has 2 N–H and O–H groups in total. The van der Waals surface area contributed by atoms with Crippen molar-refractivity contribution in [2.24, 2.45) is 0 Å². The quantitative estimate of drug-likeness (QED) is 0.850. The molecule has 0 spiro atoms. The molecule has 7 heteroatoms. The van der Waals surface area contributed by atoms with Crippen LogP contribution in [0.1, 0.15) is 5.76 Å². The van der Waals surface area contributed by atoms with Crippen LogP contribution in [0, 0.1) is 0 Å². The molecule has 0 aromatic carbocycles. The maximum atomic E-state index is 11.5. The molecular formula is C11H13N3O3S. The number of nitrogens with zero attached hydrogens (tertiary/aromatic N) is 1. The fourth-order valence-electron chi connectivity index (χ4n) is 1.35. The third-order valence-corrected chi connectivity index (χ3v) is 3.59. The highest BCUT2D eigenvalue weighted by Crippen LogP contribution is 2.14. The molecule has 2 aromatic rings. The van der Waals surface area contributed by atoms with Crippen molar-refractivity contribution in [3.63, 3.8) is 0 Å². The molecule has 6 nitrogen and oxygen atoms in total. The van der Waals surface area contributed by atoms with Crippen LogP contribution in [0.25, 0.3) is 0 Å². The lowest BCUT2D eigenvalue weighted by Crippen LogP contribution is -2.17. The van der Waals surface area contributed by atoms with E-state index in [0.717, 1.165) is 5.69 Å². The van der Waals surface area contributed by atoms with Crippen molar-refractivity contribution < 1.29 is 12.8 Å². The average molecular weight is 267 g/mol. The largest absolute Gasteiger partial charge is 0.446 e. The van der Waals surface area contributed by atoms with Crippen molar-refractivity contribution >= 4 is 15.7 Å². The zero-order valence-corrected chi connectivity index (χ0v) is 10.6. The second-order valence-electron chi connectivity index (χ2n) is 3.52. The van der Waals surface area contributed by atoms with Crippen LogP contribution in [0.15, 0.2) is 46.2 Å². The number of furan rings is 1. The molecule has 18 heavy (non-hydrogen) atoms. The summed E-state index contributed by atoms with van der Waals surface area (Å²) in [6.45, 7) is 0.394. The van der Waals surface area contributed by atoms with E-state index in [4.69, 9.17) is 4.42 Å². The second-order valence-corrected chi connectivity index (χ2v) is 5.34. The lowest BCUT2D eigenvalue weighted by Gasteiger charge is -2.02. The summed E-state index contributed by atoms with van der Waals surface area (Å²) in [4.78, 5) is 3.96. The number of hydrogen-bond acceptors (Lipinski definition) is 5. The predicted molar refractivity (Wildman–Crippen MR) is 66.5 cm³/mol. The minimum atomic E-state index is -3.52. The van der Waals surface area contributed by atoms with Crippen LogP contribution in [-0.2, 0) is 16.6 Å². The maximum Gasteiger partial charge on any atom is 0.273 e. The molecule has 96 valence electrons. The molecule has 0 radical (unpaired) electrons. The normalized spacial score (nSPS) is 11.4. The summed E-state index contributed by atoms with van der Waals surface area (Å²) in [5.41, 5.74) is 0.840. The minimum Gasteiger partial charge on any atom is -0.446 e. The molecule has 2 heterocycles. The van der Waals surface area contributed by atoms with Gasteiger partial charge in [0.25, 0.3) is 10.0 Å². The van der Waals surface area contributed by atoms with Crippen molar-refractivity contribution in [3.05, 3.63) is 42.4 Å². The van der Waals surface area contributed by atoms with Gasteiger partial charge in [-0.1, -0.05) is 0 Å². The summed E-state index contributed by atoms with van der Waals surface area (Å²) in [6, 6.07) is 6.71. The summed E-state index contributed by atoms with van der Waals surface area (Å²) in [5.74, 6) is 0.535. The first-order chi connectivity index (χ1) is 8.62. The molecule has 0 saturated carbocycles. The van der Waals surface area contributed by atoms with Gasteiger partial charge in [-0.3, -0.25) is 4.98 Å². The summed E-state index contributed by atoms with van der Waals surface area (Å²) in [6.07, 6.45) is 3.35. The Bertz CT molecular complexity index is 607. The molecule has 0 aliphatic heterocycles. The molecular weight excluding hydrogens is 254 g/mol. The van der Waals surface area contributed by atoms with Crippen LogP contribution in [0.4, 0.5) is 5.69 Å². The number of sulfonamides is 1. The number of pyridine rings is 1.